The van der Waals surface area contributed by atoms with E-state index in [2.05, 4.69) is 20.9 Å². The maximum absolute atomic E-state index is 13.0. The van der Waals surface area contributed by atoms with Gasteiger partial charge in [0, 0.05) is 28.2 Å². The van der Waals surface area contributed by atoms with Crippen molar-refractivity contribution in [1.82, 2.24) is 4.98 Å². The summed E-state index contributed by atoms with van der Waals surface area (Å²) in [5.74, 6) is 0.318. The molecule has 0 bridgehead atoms. The lowest BCUT2D eigenvalue weighted by Crippen LogP contribution is -2.35. The molecular formula is C18H15BrN2O2. The van der Waals surface area contributed by atoms with Crippen LogP contribution in [0.1, 0.15) is 28.2 Å². The summed E-state index contributed by atoms with van der Waals surface area (Å²) in [7, 11) is 0. The van der Waals surface area contributed by atoms with E-state index in [1.54, 1.807) is 11.1 Å². The molecule has 0 fully saturated rings. The lowest BCUT2D eigenvalue weighted by Gasteiger charge is -2.28. The molecule has 1 amide bonds. The van der Waals surface area contributed by atoms with Gasteiger partial charge in [0.05, 0.1) is 11.4 Å². The van der Waals surface area contributed by atoms with E-state index >= 15 is 0 Å². The minimum absolute atomic E-state index is 0.0937. The molecule has 23 heavy (non-hydrogen) atoms. The van der Waals surface area contributed by atoms with Crippen LogP contribution in [0, 0.1) is 6.92 Å². The van der Waals surface area contributed by atoms with Crippen LogP contribution >= 0.6 is 15.9 Å². The van der Waals surface area contributed by atoms with Crippen molar-refractivity contribution in [2.45, 2.75) is 19.8 Å². The highest BCUT2D eigenvalue weighted by Crippen LogP contribution is 2.32. The van der Waals surface area contributed by atoms with Crippen molar-refractivity contribution in [3.05, 3.63) is 58.0 Å². The smallest absolute Gasteiger partial charge is 0.294 e. The van der Waals surface area contributed by atoms with Crippen LogP contribution in [0.3, 0.4) is 0 Å². The molecule has 0 unspecified atom stereocenters. The number of carbonyl (C=O) groups excluding carboxylic acids is 1. The predicted molar refractivity (Wildman–Crippen MR) is 92.9 cm³/mol. The summed E-state index contributed by atoms with van der Waals surface area (Å²) in [5.41, 5.74) is 3.48. The maximum Gasteiger partial charge on any atom is 0.294 e. The number of fused-ring (bicyclic) bond motifs is 2. The third-order valence-corrected chi connectivity index (χ3v) is 4.78. The van der Waals surface area contributed by atoms with E-state index < -0.39 is 0 Å². The number of aryl methyl sites for hydroxylation is 2. The van der Waals surface area contributed by atoms with Crippen LogP contribution in [0.15, 0.2) is 45.4 Å². The summed E-state index contributed by atoms with van der Waals surface area (Å²) in [6, 6.07) is 9.60. The first-order chi connectivity index (χ1) is 11.1. The van der Waals surface area contributed by atoms with Crippen molar-refractivity contribution in [1.29, 1.82) is 0 Å². The number of anilines is 1. The molecule has 3 heterocycles. The second-order valence-corrected chi connectivity index (χ2v) is 6.64. The number of pyridine rings is 1. The third-order valence-electron chi connectivity index (χ3n) is 4.29. The molecule has 2 aromatic heterocycles. The van der Waals surface area contributed by atoms with Crippen molar-refractivity contribution in [3.8, 4) is 0 Å². The molecule has 4 nitrogen and oxygen atoms in total. The standard InChI is InChI=1S/C18H15BrN2O2/c1-11-13-10-12(19)6-7-16(13)23-17(11)18(22)21-9-3-4-14-15(21)5-2-8-20-14/h2,5-8,10H,3-4,9H2,1H3. The Morgan fingerprint density at radius 1 is 1.35 bits per heavy atom. The summed E-state index contributed by atoms with van der Waals surface area (Å²) < 4.78 is 6.82. The monoisotopic (exact) mass is 370 g/mol. The fourth-order valence-electron chi connectivity index (χ4n) is 3.12. The molecule has 4 rings (SSSR count). The van der Waals surface area contributed by atoms with Gasteiger partial charge in [-0.2, -0.15) is 0 Å². The topological polar surface area (TPSA) is 46.3 Å². The van der Waals surface area contributed by atoms with Gasteiger partial charge in [0.2, 0.25) is 0 Å². The second-order valence-electron chi connectivity index (χ2n) is 5.73. The molecule has 0 spiro atoms. The van der Waals surface area contributed by atoms with Gasteiger partial charge in [-0.3, -0.25) is 9.78 Å². The molecule has 3 aromatic rings. The Kier molecular flexibility index (Phi) is 3.45. The molecule has 0 atom stereocenters. The van der Waals surface area contributed by atoms with Gasteiger partial charge < -0.3 is 9.32 Å². The van der Waals surface area contributed by atoms with Gasteiger partial charge in [0.25, 0.3) is 5.91 Å². The molecule has 1 aliphatic rings. The predicted octanol–water partition coefficient (Wildman–Crippen LogP) is 4.49. The quantitative estimate of drug-likeness (QED) is 0.633. The highest BCUT2D eigenvalue weighted by atomic mass is 79.9. The zero-order chi connectivity index (χ0) is 16.0. The third kappa shape index (κ3) is 2.36. The van der Waals surface area contributed by atoms with Crippen molar-refractivity contribution >= 4 is 38.5 Å². The number of hydrogen-bond donors (Lipinski definition) is 0. The molecule has 0 radical (unpaired) electrons. The second kappa shape index (κ2) is 5.49. The molecule has 116 valence electrons. The van der Waals surface area contributed by atoms with Crippen LogP contribution < -0.4 is 4.90 Å². The average Bonchev–Trinajstić information content (AvgIpc) is 2.90. The van der Waals surface area contributed by atoms with Gasteiger partial charge in [0.1, 0.15) is 5.58 Å². The van der Waals surface area contributed by atoms with E-state index in [4.69, 9.17) is 4.42 Å². The Balaban J connectivity index is 1.80. The van der Waals surface area contributed by atoms with Gasteiger partial charge in [0.15, 0.2) is 5.76 Å². The highest BCUT2D eigenvalue weighted by molar-refractivity contribution is 9.10. The van der Waals surface area contributed by atoms with Crippen LogP contribution in [0.2, 0.25) is 0 Å². The van der Waals surface area contributed by atoms with E-state index in [1.807, 2.05) is 37.3 Å². The molecule has 1 aromatic carbocycles. The maximum atomic E-state index is 13.0. The van der Waals surface area contributed by atoms with E-state index in [0.29, 0.717) is 12.3 Å². The molecule has 0 N–H and O–H groups in total. The van der Waals surface area contributed by atoms with Crippen molar-refractivity contribution < 1.29 is 9.21 Å². The number of furan rings is 1. The van der Waals surface area contributed by atoms with E-state index in [-0.39, 0.29) is 5.91 Å². The largest absolute Gasteiger partial charge is 0.451 e. The summed E-state index contributed by atoms with van der Waals surface area (Å²) >= 11 is 3.47. The van der Waals surface area contributed by atoms with Crippen molar-refractivity contribution in [2.24, 2.45) is 0 Å². The SMILES string of the molecule is Cc1c(C(=O)N2CCCc3ncccc32)oc2ccc(Br)cc12. The van der Waals surface area contributed by atoms with Crippen LogP contribution in [0.5, 0.6) is 0 Å². The van der Waals surface area contributed by atoms with Crippen LogP contribution in [-0.2, 0) is 6.42 Å². The minimum atomic E-state index is -0.0937. The summed E-state index contributed by atoms with van der Waals surface area (Å²) in [6.07, 6.45) is 3.60. The molecule has 1 aliphatic heterocycles. The Bertz CT molecular complexity index is 917. The molecule has 0 aliphatic carbocycles. The molecule has 0 saturated carbocycles. The Hall–Kier alpha value is -2.14. The number of hydrogen-bond acceptors (Lipinski definition) is 3. The lowest BCUT2D eigenvalue weighted by molar-refractivity contribution is 0.0959. The average molecular weight is 371 g/mol. The number of rotatable bonds is 1. The number of nitrogens with zero attached hydrogens (tertiary/aromatic N) is 2. The number of halogens is 1. The van der Waals surface area contributed by atoms with Crippen molar-refractivity contribution in [3.63, 3.8) is 0 Å². The van der Waals surface area contributed by atoms with E-state index in [1.165, 1.54) is 0 Å². The zero-order valence-electron chi connectivity index (χ0n) is 12.7. The van der Waals surface area contributed by atoms with Crippen LogP contribution in [-0.4, -0.2) is 17.4 Å². The number of aromatic nitrogens is 1. The summed E-state index contributed by atoms with van der Waals surface area (Å²) in [5, 5.41) is 0.964. The summed E-state index contributed by atoms with van der Waals surface area (Å²) in [4.78, 5) is 19.2. The van der Waals surface area contributed by atoms with Gasteiger partial charge in [-0.05, 0) is 50.1 Å². The van der Waals surface area contributed by atoms with Crippen LogP contribution in [0.25, 0.3) is 11.0 Å². The number of carbonyl (C=O) groups is 1. The molecule has 5 heteroatoms. The minimum Gasteiger partial charge on any atom is -0.451 e. The molecular weight excluding hydrogens is 356 g/mol. The van der Waals surface area contributed by atoms with Gasteiger partial charge in [-0.15, -0.1) is 0 Å². The highest BCUT2D eigenvalue weighted by Gasteiger charge is 2.28. The normalized spacial score (nSPS) is 14.1. The lowest BCUT2D eigenvalue weighted by atomic mass is 10.1. The Morgan fingerprint density at radius 3 is 3.09 bits per heavy atom. The number of amides is 1. The molecule has 0 saturated heterocycles. The first-order valence-corrected chi connectivity index (χ1v) is 8.39. The van der Waals surface area contributed by atoms with Gasteiger partial charge in [-0.1, -0.05) is 15.9 Å². The van der Waals surface area contributed by atoms with Gasteiger partial charge in [-0.25, -0.2) is 0 Å². The first-order valence-electron chi connectivity index (χ1n) is 7.59. The summed E-state index contributed by atoms with van der Waals surface area (Å²) in [6.45, 7) is 2.62. The zero-order valence-corrected chi connectivity index (χ0v) is 14.3. The van der Waals surface area contributed by atoms with Crippen molar-refractivity contribution in [2.75, 3.05) is 11.4 Å². The van der Waals surface area contributed by atoms with E-state index in [0.717, 1.165) is 45.2 Å². The Labute approximate surface area is 142 Å². The first kappa shape index (κ1) is 14.5. The fraction of sp³-hybridized carbons (Fsp3) is 0.222. The fourth-order valence-corrected chi connectivity index (χ4v) is 3.48. The number of benzene rings is 1. The Morgan fingerprint density at radius 2 is 2.22 bits per heavy atom. The van der Waals surface area contributed by atoms with Gasteiger partial charge >= 0.3 is 0 Å². The van der Waals surface area contributed by atoms with Crippen LogP contribution in [0.4, 0.5) is 5.69 Å². The van der Waals surface area contributed by atoms with E-state index in [9.17, 15) is 4.79 Å².